The minimum absolute atomic E-state index is 0.171. The van der Waals surface area contributed by atoms with E-state index in [1.807, 2.05) is 0 Å². The molecule has 0 unspecified atom stereocenters. The fourth-order valence-corrected chi connectivity index (χ4v) is 1.44. The normalized spacial score (nSPS) is 11.1. The van der Waals surface area contributed by atoms with Crippen LogP contribution in [0.1, 0.15) is 24.2 Å². The highest BCUT2D eigenvalue weighted by molar-refractivity contribution is 6.31. The van der Waals surface area contributed by atoms with Crippen LogP contribution in [-0.4, -0.2) is 23.5 Å². The molecule has 0 saturated heterocycles. The van der Waals surface area contributed by atoms with Gasteiger partial charge in [-0.2, -0.15) is 0 Å². The Labute approximate surface area is 110 Å². The molecule has 0 fully saturated rings. The van der Waals surface area contributed by atoms with E-state index in [9.17, 15) is 9.59 Å². The molecule has 6 heteroatoms. The fourth-order valence-electron chi connectivity index (χ4n) is 1.27. The second-order valence-corrected chi connectivity index (χ2v) is 5.03. The highest BCUT2D eigenvalue weighted by Gasteiger charge is 2.27. The molecular weight excluding hydrogens is 256 g/mol. The lowest BCUT2D eigenvalue weighted by molar-refractivity contribution is -0.146. The number of carbonyl (C=O) groups is 2. The molecule has 0 aromatic heterocycles. The van der Waals surface area contributed by atoms with Gasteiger partial charge in [0.1, 0.15) is 0 Å². The Morgan fingerprint density at radius 3 is 2.56 bits per heavy atom. The minimum Gasteiger partial charge on any atom is -0.481 e. The van der Waals surface area contributed by atoms with Crippen LogP contribution in [0.25, 0.3) is 0 Å². The summed E-state index contributed by atoms with van der Waals surface area (Å²) in [5.41, 5.74) is 4.99. The van der Waals surface area contributed by atoms with Crippen molar-refractivity contribution in [3.63, 3.8) is 0 Å². The number of benzene rings is 1. The van der Waals surface area contributed by atoms with E-state index in [1.54, 1.807) is 26.0 Å². The largest absolute Gasteiger partial charge is 0.481 e. The van der Waals surface area contributed by atoms with Gasteiger partial charge in [-0.1, -0.05) is 11.6 Å². The molecule has 0 aliphatic carbocycles. The number of carboxylic acids is 1. The number of rotatable bonds is 5. The summed E-state index contributed by atoms with van der Waals surface area (Å²) < 4.78 is 0. The molecular formula is C12H15ClN2O3. The van der Waals surface area contributed by atoms with Gasteiger partial charge >= 0.3 is 5.97 Å². The maximum atomic E-state index is 11.2. The van der Waals surface area contributed by atoms with Crippen molar-refractivity contribution < 1.29 is 14.7 Å². The summed E-state index contributed by atoms with van der Waals surface area (Å²) in [5, 5.41) is 12.3. The van der Waals surface area contributed by atoms with Gasteiger partial charge in [-0.3, -0.25) is 9.59 Å². The molecule has 0 saturated carbocycles. The van der Waals surface area contributed by atoms with Gasteiger partial charge in [-0.25, -0.2) is 0 Å². The second-order valence-electron chi connectivity index (χ2n) is 4.60. The Bertz CT molecular complexity index is 486. The molecule has 4 N–H and O–H groups in total. The Kier molecular flexibility index (Phi) is 4.19. The number of anilines is 1. The molecule has 0 heterocycles. The third kappa shape index (κ3) is 3.37. The third-order valence-corrected chi connectivity index (χ3v) is 2.78. The van der Waals surface area contributed by atoms with Crippen molar-refractivity contribution >= 4 is 29.2 Å². The molecule has 1 amide bonds. The van der Waals surface area contributed by atoms with E-state index in [-0.39, 0.29) is 12.1 Å². The van der Waals surface area contributed by atoms with E-state index in [0.29, 0.717) is 10.7 Å². The average molecular weight is 271 g/mol. The summed E-state index contributed by atoms with van der Waals surface area (Å²) >= 11 is 5.77. The Morgan fingerprint density at radius 1 is 1.44 bits per heavy atom. The summed E-state index contributed by atoms with van der Waals surface area (Å²) in [6, 6.07) is 4.64. The minimum atomic E-state index is -0.950. The van der Waals surface area contributed by atoms with Crippen molar-refractivity contribution in [1.82, 2.24) is 0 Å². The van der Waals surface area contributed by atoms with Crippen molar-refractivity contribution in [3.8, 4) is 0 Å². The number of carboxylic acid groups (broad SMARTS) is 1. The van der Waals surface area contributed by atoms with Gasteiger partial charge < -0.3 is 16.2 Å². The van der Waals surface area contributed by atoms with Crippen molar-refractivity contribution in [2.75, 3.05) is 11.9 Å². The first-order valence-electron chi connectivity index (χ1n) is 5.30. The maximum Gasteiger partial charge on any atom is 0.310 e. The number of halogens is 1. The van der Waals surface area contributed by atoms with Crippen molar-refractivity contribution in [2.24, 2.45) is 11.1 Å². The van der Waals surface area contributed by atoms with Crippen LogP contribution in [0, 0.1) is 5.41 Å². The van der Waals surface area contributed by atoms with Crippen LogP contribution in [0.3, 0.4) is 0 Å². The Balaban J connectivity index is 2.92. The molecule has 98 valence electrons. The SMILES string of the molecule is CC(C)(CNc1ccc(Cl)cc1C(N)=O)C(=O)O. The monoisotopic (exact) mass is 270 g/mol. The van der Waals surface area contributed by atoms with Crippen LogP contribution in [0.2, 0.25) is 5.02 Å². The number of primary amides is 1. The lowest BCUT2D eigenvalue weighted by Gasteiger charge is -2.21. The van der Waals surface area contributed by atoms with E-state index in [1.165, 1.54) is 6.07 Å². The highest BCUT2D eigenvalue weighted by Crippen LogP contribution is 2.23. The van der Waals surface area contributed by atoms with Crippen LogP contribution < -0.4 is 11.1 Å². The first kappa shape index (κ1) is 14.3. The van der Waals surface area contributed by atoms with Crippen LogP contribution in [-0.2, 0) is 4.79 Å². The number of aliphatic carboxylic acids is 1. The predicted molar refractivity (Wildman–Crippen MR) is 69.9 cm³/mol. The summed E-state index contributed by atoms with van der Waals surface area (Å²) in [4.78, 5) is 22.2. The molecule has 5 nitrogen and oxygen atoms in total. The smallest absolute Gasteiger partial charge is 0.310 e. The zero-order valence-electron chi connectivity index (χ0n) is 10.2. The number of nitrogens with one attached hydrogen (secondary N) is 1. The first-order chi connectivity index (χ1) is 8.24. The lowest BCUT2D eigenvalue weighted by Crippen LogP contribution is -2.32. The molecule has 0 aliphatic heterocycles. The number of carbonyl (C=O) groups excluding carboxylic acids is 1. The lowest BCUT2D eigenvalue weighted by atomic mass is 9.93. The number of hydrogen-bond donors (Lipinski definition) is 3. The van der Waals surface area contributed by atoms with E-state index in [2.05, 4.69) is 5.32 Å². The number of nitrogens with two attached hydrogens (primary N) is 1. The summed E-state index contributed by atoms with van der Waals surface area (Å²) in [5.74, 6) is -1.54. The zero-order valence-corrected chi connectivity index (χ0v) is 10.9. The van der Waals surface area contributed by atoms with Crippen molar-refractivity contribution in [2.45, 2.75) is 13.8 Å². The van der Waals surface area contributed by atoms with Gasteiger partial charge in [0.25, 0.3) is 5.91 Å². The third-order valence-electron chi connectivity index (χ3n) is 2.55. The molecule has 1 aromatic rings. The van der Waals surface area contributed by atoms with E-state index < -0.39 is 17.3 Å². The standard InChI is InChI=1S/C12H15ClN2O3/c1-12(2,11(17)18)6-15-9-4-3-7(13)5-8(9)10(14)16/h3-5,15H,6H2,1-2H3,(H2,14,16)(H,17,18). The molecule has 18 heavy (non-hydrogen) atoms. The van der Waals surface area contributed by atoms with Crippen LogP contribution >= 0.6 is 11.6 Å². The van der Waals surface area contributed by atoms with E-state index in [4.69, 9.17) is 22.4 Å². The predicted octanol–water partition coefficient (Wildman–Crippen LogP) is 1.96. The first-order valence-corrected chi connectivity index (χ1v) is 5.68. The zero-order chi connectivity index (χ0) is 13.9. The van der Waals surface area contributed by atoms with Gasteiger partial charge in [0, 0.05) is 17.3 Å². The molecule has 1 aromatic carbocycles. The molecule has 0 atom stereocenters. The molecule has 0 spiro atoms. The highest BCUT2D eigenvalue weighted by atomic mass is 35.5. The average Bonchev–Trinajstić information content (AvgIpc) is 2.27. The summed E-state index contributed by atoms with van der Waals surface area (Å²) in [7, 11) is 0. The van der Waals surface area contributed by atoms with E-state index in [0.717, 1.165) is 0 Å². The van der Waals surface area contributed by atoms with Gasteiger partial charge in [0.05, 0.1) is 11.0 Å². The van der Waals surface area contributed by atoms with Crippen LogP contribution in [0.15, 0.2) is 18.2 Å². The molecule has 1 rings (SSSR count). The van der Waals surface area contributed by atoms with Crippen molar-refractivity contribution in [3.05, 3.63) is 28.8 Å². The summed E-state index contributed by atoms with van der Waals surface area (Å²) in [6.07, 6.45) is 0. The topological polar surface area (TPSA) is 92.4 Å². The van der Waals surface area contributed by atoms with Gasteiger partial charge in [0.2, 0.25) is 0 Å². The molecule has 0 radical (unpaired) electrons. The Morgan fingerprint density at radius 2 is 2.06 bits per heavy atom. The number of amides is 1. The van der Waals surface area contributed by atoms with Crippen molar-refractivity contribution in [1.29, 1.82) is 0 Å². The van der Waals surface area contributed by atoms with Crippen LogP contribution in [0.4, 0.5) is 5.69 Å². The van der Waals surface area contributed by atoms with Crippen LogP contribution in [0.5, 0.6) is 0 Å². The number of hydrogen-bond acceptors (Lipinski definition) is 3. The van der Waals surface area contributed by atoms with Gasteiger partial charge in [-0.05, 0) is 32.0 Å². The second kappa shape index (κ2) is 5.27. The van der Waals surface area contributed by atoms with E-state index >= 15 is 0 Å². The fraction of sp³-hybridized carbons (Fsp3) is 0.333. The van der Waals surface area contributed by atoms with Gasteiger partial charge in [0.15, 0.2) is 0 Å². The molecule has 0 bridgehead atoms. The maximum absolute atomic E-state index is 11.2. The molecule has 0 aliphatic rings. The van der Waals surface area contributed by atoms with Gasteiger partial charge in [-0.15, -0.1) is 0 Å². The summed E-state index contributed by atoms with van der Waals surface area (Å²) in [6.45, 7) is 3.34. The Hall–Kier alpha value is -1.75. The quantitative estimate of drug-likeness (QED) is 0.762.